The summed E-state index contributed by atoms with van der Waals surface area (Å²) in [5.41, 5.74) is 28.1. The quantitative estimate of drug-likeness (QED) is 0.0907. The molecule has 0 atom stereocenters. The molecule has 616 valence electrons. The van der Waals surface area contributed by atoms with Crippen molar-refractivity contribution >= 4 is 187 Å². The smallest absolute Gasteiger partial charge is 0.135 e. The van der Waals surface area contributed by atoms with E-state index >= 15 is 0 Å². The van der Waals surface area contributed by atoms with Crippen LogP contribution in [0, 0.1) is 0 Å². The number of aromatic nitrogens is 1. The van der Waals surface area contributed by atoms with Gasteiger partial charge in [0.15, 0.2) is 0 Å². The van der Waals surface area contributed by atoms with Crippen LogP contribution in [-0.2, 0) is 0 Å². The largest absolute Gasteiger partial charge is 0.456 e. The standard InChI is InChI=1S/C62H43N3.C62H40N2OS/c1-3-19-50(20-4-1)63(54-41-42-62-58(43-54)57-25-11-12-26-61(57)65(62)60-28-14-18-49-16-8-10-24-56(49)60)52-37-33-46(34-38-52)44-29-31-45(32-30-44)47-35-39-53(40-36-47)64(51-21-5-2-6-22-51)59-27-13-17-48-15-7-9-23-55(48)59;1-3-15-51-45(11-1)13-9-19-57(51)63(49-35-37-60-55(39-49)53-17-5-7-21-59(53)65-60)47-31-27-43(28-32-47)41-23-25-42(26-24-41)44-29-33-48(34-30-44)64(58-20-10-14-46-12-2-4-16-52(46)58)50-36-38-62-56(40-50)54-18-6-8-22-61(54)66-62/h1-43H;1-40H. The van der Waals surface area contributed by atoms with E-state index in [2.05, 4.69) is 516 Å². The monoisotopic (exact) mass is 1690 g/mol. The van der Waals surface area contributed by atoms with Crippen molar-refractivity contribution in [2.75, 3.05) is 19.6 Å². The fourth-order valence-corrected chi connectivity index (χ4v) is 20.6. The normalized spacial score (nSPS) is 11.5. The molecule has 0 aliphatic rings. The molecule has 0 aliphatic heterocycles. The SMILES string of the molecule is c1ccc(N(c2ccc(-c3ccc(-c4ccc(N(c5ccccc5)c5cccc6ccccc56)cc4)cc3)cc2)c2ccc3c(c2)c2ccccc2n3-c2cccc3ccccc23)cc1.c1ccc2c(N(c3ccc(-c4ccc(-c5ccc(N(c6ccc7sc8ccccc8c7c6)c6cccc7ccccc67)cc5)cc4)cc3)c3ccc4oc5ccccc5c4c3)cccc2c1. The first-order valence-electron chi connectivity index (χ1n) is 44.7. The maximum atomic E-state index is 6.23. The van der Waals surface area contributed by atoms with Gasteiger partial charge in [-0.2, -0.15) is 0 Å². The highest BCUT2D eigenvalue weighted by atomic mass is 32.1. The van der Waals surface area contributed by atoms with Crippen LogP contribution < -0.4 is 19.6 Å². The lowest BCUT2D eigenvalue weighted by atomic mass is 9.99. The topological polar surface area (TPSA) is 31.0 Å². The van der Waals surface area contributed by atoms with Crippen molar-refractivity contribution in [3.05, 3.63) is 504 Å². The summed E-state index contributed by atoms with van der Waals surface area (Å²) in [4.78, 5) is 9.48. The molecule has 25 rings (SSSR count). The summed E-state index contributed by atoms with van der Waals surface area (Å²) in [6.07, 6.45) is 0. The lowest BCUT2D eigenvalue weighted by Crippen LogP contribution is -2.10. The third-order valence-corrected chi connectivity index (χ3v) is 27.0. The van der Waals surface area contributed by atoms with Gasteiger partial charge >= 0.3 is 0 Å². The Bertz CT molecular complexity index is 8300. The molecular weight excluding hydrogens is 1610 g/mol. The molecule has 0 aliphatic carbocycles. The molecule has 3 aromatic heterocycles. The Kier molecular flexibility index (Phi) is 19.7. The Labute approximate surface area is 763 Å². The minimum Gasteiger partial charge on any atom is -0.456 e. The van der Waals surface area contributed by atoms with Gasteiger partial charge in [-0.3, -0.25) is 0 Å². The highest BCUT2D eigenvalue weighted by molar-refractivity contribution is 7.25. The van der Waals surface area contributed by atoms with Gasteiger partial charge in [0.25, 0.3) is 0 Å². The average Bonchev–Trinajstić information content (AvgIpc) is 1.56. The summed E-state index contributed by atoms with van der Waals surface area (Å²) in [5.74, 6) is 0. The van der Waals surface area contributed by atoms with E-state index in [4.69, 9.17) is 4.42 Å². The number of furan rings is 1. The van der Waals surface area contributed by atoms with Gasteiger partial charge < -0.3 is 28.6 Å². The number of benzene rings is 22. The predicted octanol–water partition coefficient (Wildman–Crippen LogP) is 35.9. The second-order valence-electron chi connectivity index (χ2n) is 33.5. The number of rotatable bonds is 17. The molecule has 0 fully saturated rings. The van der Waals surface area contributed by atoms with Gasteiger partial charge in [0.1, 0.15) is 11.2 Å². The Balaban J connectivity index is 0.000000145. The average molecular weight is 1690 g/mol. The molecule has 0 bridgehead atoms. The van der Waals surface area contributed by atoms with E-state index in [1.165, 1.54) is 130 Å². The molecule has 7 heteroatoms. The fraction of sp³-hybridized carbons (Fsp3) is 0. The van der Waals surface area contributed by atoms with E-state index in [0.29, 0.717) is 0 Å². The number of hydrogen-bond donors (Lipinski definition) is 0. The molecule has 0 saturated carbocycles. The first-order valence-corrected chi connectivity index (χ1v) is 45.5. The minimum atomic E-state index is 0.886. The van der Waals surface area contributed by atoms with Crippen LogP contribution in [0.4, 0.5) is 68.2 Å². The van der Waals surface area contributed by atoms with Crippen molar-refractivity contribution in [2.45, 2.75) is 0 Å². The van der Waals surface area contributed by atoms with E-state index in [1.54, 1.807) is 0 Å². The highest BCUT2D eigenvalue weighted by Crippen LogP contribution is 2.49. The molecule has 0 saturated heterocycles. The highest BCUT2D eigenvalue weighted by Gasteiger charge is 2.24. The summed E-state index contributed by atoms with van der Waals surface area (Å²) < 4.78 is 11.3. The van der Waals surface area contributed by atoms with Crippen LogP contribution >= 0.6 is 11.3 Å². The Morgan fingerprint density at radius 1 is 0.168 bits per heavy atom. The van der Waals surface area contributed by atoms with Crippen LogP contribution in [0.2, 0.25) is 0 Å². The van der Waals surface area contributed by atoms with Gasteiger partial charge in [0.05, 0.1) is 33.8 Å². The summed E-state index contributed by atoms with van der Waals surface area (Å²) >= 11 is 1.85. The fourth-order valence-electron chi connectivity index (χ4n) is 19.5. The van der Waals surface area contributed by atoms with Crippen molar-refractivity contribution < 1.29 is 4.42 Å². The van der Waals surface area contributed by atoms with E-state index < -0.39 is 0 Å². The molecule has 0 spiro atoms. The van der Waals surface area contributed by atoms with Crippen molar-refractivity contribution in [1.82, 2.24) is 4.57 Å². The van der Waals surface area contributed by atoms with Gasteiger partial charge in [-0.15, -0.1) is 11.3 Å². The van der Waals surface area contributed by atoms with Crippen molar-refractivity contribution in [2.24, 2.45) is 0 Å². The zero-order chi connectivity index (χ0) is 86.7. The number of thiophene rings is 1. The van der Waals surface area contributed by atoms with Gasteiger partial charge in [0, 0.05) is 114 Å². The second kappa shape index (κ2) is 33.3. The van der Waals surface area contributed by atoms with Gasteiger partial charge in [-0.25, -0.2) is 0 Å². The van der Waals surface area contributed by atoms with Gasteiger partial charge in [0.2, 0.25) is 0 Å². The van der Waals surface area contributed by atoms with Crippen LogP contribution in [0.25, 0.3) is 157 Å². The van der Waals surface area contributed by atoms with E-state index in [9.17, 15) is 0 Å². The maximum Gasteiger partial charge on any atom is 0.135 e. The summed E-state index contributed by atoms with van der Waals surface area (Å²) in [5, 5.41) is 17.0. The van der Waals surface area contributed by atoms with Crippen LogP contribution in [0.1, 0.15) is 0 Å². The number of anilines is 12. The van der Waals surface area contributed by atoms with E-state index in [0.717, 1.165) is 95.8 Å². The lowest BCUT2D eigenvalue weighted by Gasteiger charge is -2.27. The van der Waals surface area contributed by atoms with Gasteiger partial charge in [-0.05, 0) is 236 Å². The zero-order valence-corrected chi connectivity index (χ0v) is 72.3. The Morgan fingerprint density at radius 2 is 0.466 bits per heavy atom. The molecule has 131 heavy (non-hydrogen) atoms. The number of hydrogen-bond acceptors (Lipinski definition) is 6. The molecule has 6 nitrogen and oxygen atoms in total. The molecular formula is C124H83N5OS. The summed E-state index contributed by atoms with van der Waals surface area (Å²) in [6.45, 7) is 0. The third-order valence-electron chi connectivity index (χ3n) is 25.8. The minimum absolute atomic E-state index is 0.886. The molecule has 0 N–H and O–H groups in total. The molecule has 0 unspecified atom stereocenters. The van der Waals surface area contributed by atoms with Crippen LogP contribution in [0.5, 0.6) is 0 Å². The first-order chi connectivity index (χ1) is 64.9. The van der Waals surface area contributed by atoms with Crippen LogP contribution in [0.15, 0.2) is 508 Å². The first kappa shape index (κ1) is 77.5. The molecule has 25 aromatic rings. The number of para-hydroxylation sites is 4. The number of nitrogens with zero attached hydrogens (tertiary/aromatic N) is 5. The van der Waals surface area contributed by atoms with E-state index in [1.807, 2.05) is 23.5 Å². The molecule has 3 heterocycles. The Hall–Kier alpha value is -17.1. The number of fused-ring (bicyclic) bond motifs is 13. The van der Waals surface area contributed by atoms with Crippen molar-refractivity contribution in [3.8, 4) is 50.2 Å². The summed E-state index contributed by atoms with van der Waals surface area (Å²) in [7, 11) is 0. The molecule has 22 aromatic carbocycles. The molecule has 0 radical (unpaired) electrons. The van der Waals surface area contributed by atoms with Crippen molar-refractivity contribution in [1.29, 1.82) is 0 Å². The van der Waals surface area contributed by atoms with Crippen molar-refractivity contribution in [3.63, 3.8) is 0 Å². The van der Waals surface area contributed by atoms with E-state index in [-0.39, 0.29) is 0 Å². The zero-order valence-electron chi connectivity index (χ0n) is 71.5. The van der Waals surface area contributed by atoms with Gasteiger partial charge in [-0.1, -0.05) is 334 Å². The predicted molar refractivity (Wildman–Crippen MR) is 558 cm³/mol. The van der Waals surface area contributed by atoms with Crippen LogP contribution in [0.3, 0.4) is 0 Å². The summed E-state index contributed by atoms with van der Waals surface area (Å²) in [6, 6.07) is 182. The molecule has 0 amide bonds. The lowest BCUT2D eigenvalue weighted by molar-refractivity contribution is 0.669. The third kappa shape index (κ3) is 14.4. The Morgan fingerprint density at radius 3 is 0.962 bits per heavy atom. The maximum absolute atomic E-state index is 6.23. The van der Waals surface area contributed by atoms with Crippen LogP contribution in [-0.4, -0.2) is 4.57 Å². The second-order valence-corrected chi connectivity index (χ2v) is 34.5.